The predicted octanol–water partition coefficient (Wildman–Crippen LogP) is 5.17. The Morgan fingerprint density at radius 1 is 1.03 bits per heavy atom. The maximum Gasteiger partial charge on any atom is 0.254 e. The minimum absolute atomic E-state index is 0.161. The van der Waals surface area contributed by atoms with Gasteiger partial charge in [0, 0.05) is 24.1 Å². The summed E-state index contributed by atoms with van der Waals surface area (Å²) in [4.78, 5) is 23.0. The number of benzene rings is 2. The van der Waals surface area contributed by atoms with E-state index in [0.29, 0.717) is 12.0 Å². The van der Waals surface area contributed by atoms with E-state index in [1.807, 2.05) is 18.2 Å². The first kappa shape index (κ1) is 17.3. The van der Waals surface area contributed by atoms with E-state index in [1.165, 1.54) is 48.8 Å². The van der Waals surface area contributed by atoms with Crippen LogP contribution in [-0.4, -0.2) is 33.4 Å². The van der Waals surface area contributed by atoms with E-state index in [9.17, 15) is 4.79 Å². The fraction of sp³-hybridized carbons (Fsp3) is 0.440. The van der Waals surface area contributed by atoms with Crippen LogP contribution >= 0.6 is 0 Å². The van der Waals surface area contributed by atoms with Crippen LogP contribution in [0.15, 0.2) is 42.7 Å². The first-order valence-corrected chi connectivity index (χ1v) is 11.1. The summed E-state index contributed by atoms with van der Waals surface area (Å²) < 4.78 is 0. The largest absolute Gasteiger partial charge is 0.345 e. The van der Waals surface area contributed by atoms with Gasteiger partial charge in [-0.1, -0.05) is 31.0 Å². The van der Waals surface area contributed by atoms with Crippen molar-refractivity contribution in [3.05, 3.63) is 65.0 Å². The van der Waals surface area contributed by atoms with Gasteiger partial charge >= 0.3 is 0 Å². The number of amides is 1. The molecule has 0 bridgehead atoms. The third kappa shape index (κ3) is 2.80. The topological polar surface area (TPSA) is 49.0 Å². The zero-order chi connectivity index (χ0) is 19.4. The molecule has 1 aromatic heterocycles. The van der Waals surface area contributed by atoms with Gasteiger partial charge < -0.3 is 9.88 Å². The molecule has 2 atom stereocenters. The Hall–Kier alpha value is -2.62. The smallest absolute Gasteiger partial charge is 0.254 e. The van der Waals surface area contributed by atoms with Gasteiger partial charge in [0.05, 0.1) is 17.4 Å². The average molecular weight is 386 g/mol. The number of likely N-dealkylation sites (tertiary alicyclic amines) is 1. The molecule has 2 fully saturated rings. The summed E-state index contributed by atoms with van der Waals surface area (Å²) >= 11 is 0. The molecule has 1 saturated carbocycles. The fourth-order valence-electron chi connectivity index (χ4n) is 6.04. The van der Waals surface area contributed by atoms with Crippen LogP contribution in [-0.2, 0) is 6.42 Å². The summed E-state index contributed by atoms with van der Waals surface area (Å²) in [6, 6.07) is 13.4. The summed E-state index contributed by atoms with van der Waals surface area (Å²) in [7, 11) is 0. The van der Waals surface area contributed by atoms with Crippen molar-refractivity contribution in [1.82, 2.24) is 14.9 Å². The van der Waals surface area contributed by atoms with E-state index >= 15 is 0 Å². The zero-order valence-corrected chi connectivity index (χ0v) is 16.7. The quantitative estimate of drug-likeness (QED) is 0.662. The molecule has 4 nitrogen and oxygen atoms in total. The fourth-order valence-corrected chi connectivity index (χ4v) is 6.04. The Morgan fingerprint density at radius 2 is 1.93 bits per heavy atom. The van der Waals surface area contributed by atoms with Gasteiger partial charge in [0.15, 0.2) is 0 Å². The number of nitrogens with zero attached hydrogens (tertiary/aromatic N) is 2. The van der Waals surface area contributed by atoms with Gasteiger partial charge in [-0.3, -0.25) is 4.79 Å². The molecular weight excluding hydrogens is 358 g/mol. The molecule has 1 aliphatic heterocycles. The second-order valence-electron chi connectivity index (χ2n) is 9.09. The van der Waals surface area contributed by atoms with E-state index in [-0.39, 0.29) is 5.91 Å². The number of carbonyl (C=O) groups excluding carboxylic acids is 1. The van der Waals surface area contributed by atoms with Gasteiger partial charge in [-0.25, -0.2) is 4.98 Å². The second kappa shape index (κ2) is 6.72. The molecule has 2 aromatic carbocycles. The number of imidazole rings is 1. The summed E-state index contributed by atoms with van der Waals surface area (Å²) in [6.45, 7) is 0.863. The summed E-state index contributed by atoms with van der Waals surface area (Å²) in [5.41, 5.74) is 7.12. The Labute approximate surface area is 171 Å². The van der Waals surface area contributed by atoms with Crippen LogP contribution in [0.4, 0.5) is 0 Å². The Kier molecular flexibility index (Phi) is 4.00. The van der Waals surface area contributed by atoms with Crippen molar-refractivity contribution in [3.8, 4) is 0 Å². The van der Waals surface area contributed by atoms with Crippen molar-refractivity contribution < 1.29 is 4.79 Å². The molecule has 1 amide bonds. The number of aromatic nitrogens is 2. The monoisotopic (exact) mass is 385 g/mol. The van der Waals surface area contributed by atoms with Gasteiger partial charge in [-0.2, -0.15) is 0 Å². The highest BCUT2D eigenvalue weighted by Crippen LogP contribution is 2.45. The van der Waals surface area contributed by atoms with Crippen molar-refractivity contribution in [2.45, 2.75) is 62.8 Å². The number of rotatable bonds is 2. The molecule has 2 aliphatic carbocycles. The summed E-state index contributed by atoms with van der Waals surface area (Å²) in [6.07, 6.45) is 10.4. The molecule has 2 heterocycles. The molecular formula is C25H27N3O. The number of piperidine rings is 1. The molecule has 0 unspecified atom stereocenters. The highest BCUT2D eigenvalue weighted by atomic mass is 16.2. The predicted molar refractivity (Wildman–Crippen MR) is 114 cm³/mol. The lowest BCUT2D eigenvalue weighted by atomic mass is 9.86. The van der Waals surface area contributed by atoms with Crippen LogP contribution in [0, 0.1) is 0 Å². The molecule has 0 radical (unpaired) electrons. The van der Waals surface area contributed by atoms with Crippen LogP contribution < -0.4 is 0 Å². The summed E-state index contributed by atoms with van der Waals surface area (Å²) in [5.74, 6) is 1.41. The van der Waals surface area contributed by atoms with E-state index in [4.69, 9.17) is 0 Å². The van der Waals surface area contributed by atoms with Gasteiger partial charge in [0.2, 0.25) is 0 Å². The van der Waals surface area contributed by atoms with Crippen molar-refractivity contribution in [3.63, 3.8) is 0 Å². The summed E-state index contributed by atoms with van der Waals surface area (Å²) in [5, 5.41) is 0. The van der Waals surface area contributed by atoms with Gasteiger partial charge in [-0.05, 0) is 72.9 Å². The lowest BCUT2D eigenvalue weighted by molar-refractivity contribution is 0.0595. The average Bonchev–Trinajstić information content (AvgIpc) is 3.51. The Morgan fingerprint density at radius 3 is 2.83 bits per heavy atom. The SMILES string of the molecule is O=C(c1ccc2[nH]cnc2c1)N1CCC[C@@H]2c3cc(C4CCCC4)ccc3C[C@@H]21. The zero-order valence-electron chi connectivity index (χ0n) is 16.7. The van der Waals surface area contributed by atoms with Crippen molar-refractivity contribution in [2.24, 2.45) is 0 Å². The maximum atomic E-state index is 13.4. The Bertz CT molecular complexity index is 1080. The molecule has 3 aliphatic rings. The van der Waals surface area contributed by atoms with Crippen LogP contribution in [0.1, 0.15) is 77.4 Å². The van der Waals surface area contributed by atoms with Gasteiger partial charge in [-0.15, -0.1) is 0 Å². The molecule has 4 heteroatoms. The molecule has 3 aromatic rings. The van der Waals surface area contributed by atoms with E-state index < -0.39 is 0 Å². The number of H-pyrrole nitrogens is 1. The van der Waals surface area contributed by atoms with Crippen molar-refractivity contribution in [2.75, 3.05) is 6.54 Å². The molecule has 6 rings (SSSR count). The molecule has 0 spiro atoms. The molecule has 148 valence electrons. The van der Waals surface area contributed by atoms with Crippen LogP contribution in [0.2, 0.25) is 0 Å². The number of hydrogen-bond acceptors (Lipinski definition) is 2. The second-order valence-corrected chi connectivity index (χ2v) is 9.09. The van der Waals surface area contributed by atoms with Gasteiger partial charge in [0.25, 0.3) is 5.91 Å². The first-order valence-electron chi connectivity index (χ1n) is 11.1. The third-order valence-corrected chi connectivity index (χ3v) is 7.53. The maximum absolute atomic E-state index is 13.4. The van der Waals surface area contributed by atoms with Crippen LogP contribution in [0.5, 0.6) is 0 Å². The normalized spacial score (nSPS) is 24.1. The highest BCUT2D eigenvalue weighted by molar-refractivity contribution is 5.97. The van der Waals surface area contributed by atoms with E-state index in [0.717, 1.165) is 41.9 Å². The number of nitrogens with one attached hydrogen (secondary N) is 1. The lowest BCUT2D eigenvalue weighted by Crippen LogP contribution is -2.46. The molecule has 1 saturated heterocycles. The highest BCUT2D eigenvalue weighted by Gasteiger charge is 2.41. The minimum atomic E-state index is 0.161. The van der Waals surface area contributed by atoms with Crippen LogP contribution in [0.25, 0.3) is 11.0 Å². The molecule has 29 heavy (non-hydrogen) atoms. The van der Waals surface area contributed by atoms with Gasteiger partial charge in [0.1, 0.15) is 0 Å². The van der Waals surface area contributed by atoms with Crippen LogP contribution in [0.3, 0.4) is 0 Å². The number of hydrogen-bond donors (Lipinski definition) is 1. The Balaban J connectivity index is 1.30. The molecule has 1 N–H and O–H groups in total. The minimum Gasteiger partial charge on any atom is -0.345 e. The number of carbonyl (C=O) groups is 1. The standard InChI is InChI=1S/C25H27N3O/c29-25(19-9-10-22-23(13-19)27-15-26-22)28-11-3-6-20-21-12-17(16-4-1-2-5-16)7-8-18(21)14-24(20)28/h7-10,12-13,15-16,20,24H,1-6,11,14H2,(H,26,27)/t20-,24+/m1/s1. The van der Waals surface area contributed by atoms with Crippen molar-refractivity contribution >= 4 is 16.9 Å². The first-order chi connectivity index (χ1) is 14.3. The lowest BCUT2D eigenvalue weighted by Gasteiger charge is -2.38. The van der Waals surface area contributed by atoms with Crippen molar-refractivity contribution in [1.29, 1.82) is 0 Å². The third-order valence-electron chi connectivity index (χ3n) is 7.53. The van der Waals surface area contributed by atoms with E-state index in [2.05, 4.69) is 33.1 Å². The number of fused-ring (bicyclic) bond motifs is 4. The van der Waals surface area contributed by atoms with E-state index in [1.54, 1.807) is 6.33 Å². The number of aromatic amines is 1.